The van der Waals surface area contributed by atoms with E-state index in [-0.39, 0.29) is 23.4 Å². The Balaban J connectivity index is 2.93. The highest BCUT2D eigenvalue weighted by Crippen LogP contribution is 2.18. The van der Waals surface area contributed by atoms with Crippen LogP contribution in [0.1, 0.15) is 20.8 Å². The number of aliphatic hydroxyl groups excluding tert-OH is 1. The minimum Gasteiger partial charge on any atom is -0.388 e. The molecular formula is C9H13NO3. The molecule has 0 bridgehead atoms. The molecule has 0 aromatic rings. The van der Waals surface area contributed by atoms with Gasteiger partial charge in [-0.05, 0) is 20.8 Å². The molecule has 1 aliphatic rings. The lowest BCUT2D eigenvalue weighted by atomic mass is 10.1. The molecule has 1 aliphatic heterocycles. The summed E-state index contributed by atoms with van der Waals surface area (Å²) in [4.78, 5) is 23.9. The lowest BCUT2D eigenvalue weighted by Crippen LogP contribution is -2.38. The van der Waals surface area contributed by atoms with Gasteiger partial charge in [0, 0.05) is 12.1 Å². The third kappa shape index (κ3) is 1.62. The van der Waals surface area contributed by atoms with Crippen LogP contribution in [0.4, 0.5) is 0 Å². The summed E-state index contributed by atoms with van der Waals surface area (Å²) in [5, 5.41) is 9.17. The van der Waals surface area contributed by atoms with Crippen LogP contribution >= 0.6 is 0 Å². The van der Waals surface area contributed by atoms with Crippen molar-refractivity contribution >= 4 is 11.8 Å². The molecule has 0 aliphatic carbocycles. The zero-order valence-corrected chi connectivity index (χ0v) is 7.94. The van der Waals surface area contributed by atoms with E-state index in [0.29, 0.717) is 0 Å². The van der Waals surface area contributed by atoms with Crippen molar-refractivity contribution in [2.45, 2.75) is 32.9 Å². The molecule has 1 atom stereocenters. The predicted molar refractivity (Wildman–Crippen MR) is 46.8 cm³/mol. The van der Waals surface area contributed by atoms with Crippen LogP contribution in [0.25, 0.3) is 0 Å². The topological polar surface area (TPSA) is 57.6 Å². The molecule has 1 unspecified atom stereocenters. The van der Waals surface area contributed by atoms with Crippen molar-refractivity contribution in [2.24, 2.45) is 0 Å². The van der Waals surface area contributed by atoms with Crippen molar-refractivity contribution < 1.29 is 14.7 Å². The van der Waals surface area contributed by atoms with Crippen LogP contribution in [-0.4, -0.2) is 34.0 Å². The van der Waals surface area contributed by atoms with Gasteiger partial charge in [0.2, 0.25) is 0 Å². The Kier molecular flexibility index (Phi) is 2.52. The summed E-state index contributed by atoms with van der Waals surface area (Å²) < 4.78 is 0. The third-order valence-corrected chi connectivity index (χ3v) is 1.95. The van der Waals surface area contributed by atoms with Crippen LogP contribution in [0.2, 0.25) is 0 Å². The van der Waals surface area contributed by atoms with Crippen molar-refractivity contribution in [1.82, 2.24) is 4.90 Å². The van der Waals surface area contributed by atoms with Crippen molar-refractivity contribution in [3.8, 4) is 0 Å². The molecule has 4 nitrogen and oxygen atoms in total. The van der Waals surface area contributed by atoms with Gasteiger partial charge in [-0.25, -0.2) is 0 Å². The van der Waals surface area contributed by atoms with Crippen LogP contribution in [0, 0.1) is 0 Å². The Morgan fingerprint density at radius 2 is 1.85 bits per heavy atom. The van der Waals surface area contributed by atoms with Crippen LogP contribution < -0.4 is 0 Å². The van der Waals surface area contributed by atoms with E-state index >= 15 is 0 Å². The van der Waals surface area contributed by atoms with Gasteiger partial charge in [-0.15, -0.1) is 0 Å². The normalized spacial score (nSPS) is 19.8. The molecule has 0 aromatic heterocycles. The molecule has 0 saturated heterocycles. The summed E-state index contributed by atoms with van der Waals surface area (Å²) in [6.07, 6.45) is 0.327. The Morgan fingerprint density at radius 1 is 1.31 bits per heavy atom. The number of amides is 2. The maximum atomic E-state index is 11.5. The van der Waals surface area contributed by atoms with Gasteiger partial charge in [-0.3, -0.25) is 14.5 Å². The van der Waals surface area contributed by atoms with E-state index in [1.165, 1.54) is 13.0 Å². The van der Waals surface area contributed by atoms with Crippen LogP contribution in [-0.2, 0) is 9.59 Å². The quantitative estimate of drug-likeness (QED) is 0.616. The summed E-state index contributed by atoms with van der Waals surface area (Å²) in [7, 11) is 0. The molecule has 0 spiro atoms. The highest BCUT2D eigenvalue weighted by Gasteiger charge is 2.34. The second kappa shape index (κ2) is 3.30. The summed E-state index contributed by atoms with van der Waals surface area (Å²) in [6, 6.07) is -0.160. The summed E-state index contributed by atoms with van der Waals surface area (Å²) in [5.41, 5.74) is 0.179. The molecule has 0 fully saturated rings. The van der Waals surface area contributed by atoms with Gasteiger partial charge in [0.15, 0.2) is 0 Å². The highest BCUT2D eigenvalue weighted by atomic mass is 16.3. The van der Waals surface area contributed by atoms with Crippen LogP contribution in [0.3, 0.4) is 0 Å². The monoisotopic (exact) mass is 183 g/mol. The van der Waals surface area contributed by atoms with Crippen LogP contribution in [0.15, 0.2) is 11.6 Å². The van der Waals surface area contributed by atoms with Gasteiger partial charge in [0.25, 0.3) is 11.8 Å². The average Bonchev–Trinajstić information content (AvgIpc) is 2.26. The Hall–Kier alpha value is -1.16. The van der Waals surface area contributed by atoms with E-state index in [9.17, 15) is 14.7 Å². The first-order valence-corrected chi connectivity index (χ1v) is 4.22. The second-order valence-electron chi connectivity index (χ2n) is 3.38. The van der Waals surface area contributed by atoms with Crippen molar-refractivity contribution in [1.29, 1.82) is 0 Å². The van der Waals surface area contributed by atoms with Crippen molar-refractivity contribution in [3.63, 3.8) is 0 Å². The maximum Gasteiger partial charge on any atom is 0.259 e. The fourth-order valence-corrected chi connectivity index (χ4v) is 1.29. The standard InChI is InChI=1S/C9H13NO3/c1-5(2)10-8(12)4-7(6(3)11)9(10)13/h4-6,11H,1-3H3. The zero-order chi connectivity index (χ0) is 10.2. The van der Waals surface area contributed by atoms with Gasteiger partial charge in [0.05, 0.1) is 11.7 Å². The number of carbonyl (C=O) groups excluding carboxylic acids is 2. The minimum atomic E-state index is -0.875. The Bertz CT molecular complexity index is 279. The minimum absolute atomic E-state index is 0.160. The predicted octanol–water partition coefficient (Wildman–Crippen LogP) is 0.0708. The molecule has 13 heavy (non-hydrogen) atoms. The second-order valence-corrected chi connectivity index (χ2v) is 3.38. The number of hydrogen-bond donors (Lipinski definition) is 1. The number of nitrogens with zero attached hydrogens (tertiary/aromatic N) is 1. The number of rotatable bonds is 2. The van der Waals surface area contributed by atoms with Crippen molar-refractivity contribution in [2.75, 3.05) is 0 Å². The van der Waals surface area contributed by atoms with Crippen molar-refractivity contribution in [3.05, 3.63) is 11.6 Å². The van der Waals surface area contributed by atoms with Crippen LogP contribution in [0.5, 0.6) is 0 Å². The highest BCUT2D eigenvalue weighted by molar-refractivity contribution is 6.16. The maximum absolute atomic E-state index is 11.5. The molecule has 1 N–H and O–H groups in total. The molecular weight excluding hydrogens is 170 g/mol. The average molecular weight is 183 g/mol. The van der Waals surface area contributed by atoms with E-state index in [0.717, 1.165) is 4.90 Å². The fraction of sp³-hybridized carbons (Fsp3) is 0.556. The lowest BCUT2D eigenvalue weighted by molar-refractivity contribution is -0.139. The molecule has 2 amide bonds. The molecule has 4 heteroatoms. The number of aliphatic hydroxyl groups is 1. The molecule has 0 radical (unpaired) electrons. The number of carbonyl (C=O) groups is 2. The van der Waals surface area contributed by atoms with E-state index in [1.807, 2.05) is 0 Å². The van der Waals surface area contributed by atoms with E-state index < -0.39 is 6.10 Å². The van der Waals surface area contributed by atoms with Gasteiger partial charge >= 0.3 is 0 Å². The fourth-order valence-electron chi connectivity index (χ4n) is 1.29. The smallest absolute Gasteiger partial charge is 0.259 e. The summed E-state index contributed by atoms with van der Waals surface area (Å²) >= 11 is 0. The molecule has 0 aromatic carbocycles. The summed E-state index contributed by atoms with van der Waals surface area (Å²) in [5.74, 6) is -0.717. The van der Waals surface area contributed by atoms with E-state index in [1.54, 1.807) is 13.8 Å². The largest absolute Gasteiger partial charge is 0.388 e. The molecule has 1 heterocycles. The summed E-state index contributed by atoms with van der Waals surface area (Å²) in [6.45, 7) is 4.99. The van der Waals surface area contributed by atoms with E-state index in [4.69, 9.17) is 0 Å². The first-order chi connectivity index (χ1) is 5.95. The van der Waals surface area contributed by atoms with Gasteiger partial charge in [0.1, 0.15) is 0 Å². The SMILES string of the molecule is CC(O)C1=CC(=O)N(C(C)C)C1=O. The lowest BCUT2D eigenvalue weighted by Gasteiger charge is -2.19. The Morgan fingerprint density at radius 3 is 2.08 bits per heavy atom. The molecule has 72 valence electrons. The Labute approximate surface area is 76.8 Å². The zero-order valence-electron chi connectivity index (χ0n) is 7.94. The van der Waals surface area contributed by atoms with E-state index in [2.05, 4.69) is 0 Å². The van der Waals surface area contributed by atoms with Gasteiger partial charge in [-0.1, -0.05) is 0 Å². The third-order valence-electron chi connectivity index (χ3n) is 1.95. The first kappa shape index (κ1) is 9.92. The number of hydrogen-bond acceptors (Lipinski definition) is 3. The molecule has 0 saturated carbocycles. The molecule has 1 rings (SSSR count). The van der Waals surface area contributed by atoms with Gasteiger partial charge in [-0.2, -0.15) is 0 Å². The first-order valence-electron chi connectivity index (χ1n) is 4.22. The van der Waals surface area contributed by atoms with Gasteiger partial charge < -0.3 is 5.11 Å². The number of imide groups is 1.